The normalized spacial score (nSPS) is 14.2. The number of benzene rings is 2. The first-order valence-corrected chi connectivity index (χ1v) is 11.1. The van der Waals surface area contributed by atoms with Gasteiger partial charge in [0.1, 0.15) is 12.6 Å². The van der Waals surface area contributed by atoms with Crippen LogP contribution in [-0.2, 0) is 14.3 Å². The van der Waals surface area contributed by atoms with Crippen LogP contribution in [0.2, 0.25) is 0 Å². The van der Waals surface area contributed by atoms with Crippen LogP contribution < -0.4 is 10.6 Å². The van der Waals surface area contributed by atoms with E-state index in [0.29, 0.717) is 6.42 Å². The monoisotopic (exact) mass is 454 g/mol. The van der Waals surface area contributed by atoms with Crippen LogP contribution in [0.3, 0.4) is 0 Å². The molecule has 8 heteroatoms. The maximum Gasteiger partial charge on any atom is 0.407 e. The highest BCUT2D eigenvalue weighted by atomic mass is 16.5. The van der Waals surface area contributed by atoms with E-state index in [2.05, 4.69) is 10.6 Å². The van der Waals surface area contributed by atoms with Crippen LogP contribution in [0.1, 0.15) is 43.7 Å². The summed E-state index contributed by atoms with van der Waals surface area (Å²) in [5, 5.41) is 23.5. The zero-order valence-corrected chi connectivity index (χ0v) is 18.8. The van der Waals surface area contributed by atoms with E-state index in [1.54, 1.807) is 0 Å². The van der Waals surface area contributed by atoms with Gasteiger partial charge < -0.3 is 25.6 Å². The Kier molecular flexibility index (Phi) is 8.06. The summed E-state index contributed by atoms with van der Waals surface area (Å²) in [5.74, 6) is -1.97. The van der Waals surface area contributed by atoms with Crippen LogP contribution in [0.25, 0.3) is 11.1 Å². The summed E-state index contributed by atoms with van der Waals surface area (Å²) < 4.78 is 5.44. The second kappa shape index (κ2) is 11.0. The molecule has 2 atom stereocenters. The molecule has 0 heterocycles. The summed E-state index contributed by atoms with van der Waals surface area (Å²) in [5.41, 5.74) is 4.29. The standard InChI is InChI=1S/C25H30N2O6/c1-15(2)21(11-12-28)26-24(31)22(13-23(29)30)27-25(32)33-14-20-18-9-5-3-7-16(18)17-8-4-6-10-19(17)20/h3-10,15,20-22,28H,11-14H2,1-2H3,(H,26,31)(H,27,32)(H,29,30). The van der Waals surface area contributed by atoms with Gasteiger partial charge in [0.15, 0.2) is 0 Å². The molecule has 1 aliphatic carbocycles. The topological polar surface area (TPSA) is 125 Å². The summed E-state index contributed by atoms with van der Waals surface area (Å²) in [6.07, 6.45) is -1.12. The average Bonchev–Trinajstić information content (AvgIpc) is 3.10. The number of aliphatic hydroxyl groups is 1. The molecule has 33 heavy (non-hydrogen) atoms. The minimum absolute atomic E-state index is 0.0287. The number of hydrogen-bond acceptors (Lipinski definition) is 5. The zero-order chi connectivity index (χ0) is 24.0. The Balaban J connectivity index is 1.66. The summed E-state index contributed by atoms with van der Waals surface area (Å²) in [7, 11) is 0. The Morgan fingerprint density at radius 1 is 0.970 bits per heavy atom. The summed E-state index contributed by atoms with van der Waals surface area (Å²) >= 11 is 0. The van der Waals surface area contributed by atoms with Gasteiger partial charge in [-0.15, -0.1) is 0 Å². The number of aliphatic hydroxyl groups excluding tert-OH is 1. The molecule has 176 valence electrons. The third kappa shape index (κ3) is 5.90. The SMILES string of the molecule is CC(C)C(CCO)NC(=O)C(CC(=O)O)NC(=O)OCC1c2ccccc2-c2ccccc21. The van der Waals surface area contributed by atoms with E-state index in [-0.39, 0.29) is 31.1 Å². The maximum absolute atomic E-state index is 12.7. The highest BCUT2D eigenvalue weighted by molar-refractivity contribution is 5.89. The van der Waals surface area contributed by atoms with Gasteiger partial charge in [0.25, 0.3) is 0 Å². The van der Waals surface area contributed by atoms with Gasteiger partial charge in [-0.25, -0.2) is 4.79 Å². The molecule has 0 aliphatic heterocycles. The van der Waals surface area contributed by atoms with E-state index >= 15 is 0 Å². The first-order chi connectivity index (χ1) is 15.8. The number of carboxylic acid groups (broad SMARTS) is 1. The minimum Gasteiger partial charge on any atom is -0.481 e. The largest absolute Gasteiger partial charge is 0.481 e. The van der Waals surface area contributed by atoms with Crippen molar-refractivity contribution in [2.45, 2.75) is 44.7 Å². The lowest BCUT2D eigenvalue weighted by Crippen LogP contribution is -2.52. The molecule has 0 spiro atoms. The third-order valence-corrected chi connectivity index (χ3v) is 5.90. The number of ether oxygens (including phenoxy) is 1. The molecule has 0 bridgehead atoms. The highest BCUT2D eigenvalue weighted by Crippen LogP contribution is 2.44. The van der Waals surface area contributed by atoms with Crippen LogP contribution in [0.4, 0.5) is 4.79 Å². The quantitative estimate of drug-likeness (QED) is 0.438. The summed E-state index contributed by atoms with van der Waals surface area (Å²) in [6.45, 7) is 3.70. The van der Waals surface area contributed by atoms with Crippen molar-refractivity contribution < 1.29 is 29.3 Å². The van der Waals surface area contributed by atoms with E-state index in [9.17, 15) is 24.6 Å². The molecule has 2 amide bonds. The fraction of sp³-hybridized carbons (Fsp3) is 0.400. The minimum atomic E-state index is -1.29. The van der Waals surface area contributed by atoms with E-state index in [4.69, 9.17) is 4.74 Å². The van der Waals surface area contributed by atoms with Gasteiger partial charge in [-0.2, -0.15) is 0 Å². The van der Waals surface area contributed by atoms with Crippen molar-refractivity contribution in [1.29, 1.82) is 0 Å². The van der Waals surface area contributed by atoms with Crippen LogP contribution in [-0.4, -0.2) is 53.5 Å². The second-order valence-corrected chi connectivity index (χ2v) is 8.49. The molecule has 0 fully saturated rings. The van der Waals surface area contributed by atoms with E-state index in [1.807, 2.05) is 62.4 Å². The molecular weight excluding hydrogens is 424 g/mol. The maximum atomic E-state index is 12.7. The van der Waals surface area contributed by atoms with E-state index in [0.717, 1.165) is 22.3 Å². The molecule has 8 nitrogen and oxygen atoms in total. The Morgan fingerprint density at radius 2 is 1.55 bits per heavy atom. The lowest BCUT2D eigenvalue weighted by atomic mass is 9.98. The molecule has 2 aromatic carbocycles. The number of aliphatic carboxylic acids is 1. The number of nitrogens with one attached hydrogen (secondary N) is 2. The van der Waals surface area contributed by atoms with Crippen molar-refractivity contribution >= 4 is 18.0 Å². The predicted molar refractivity (Wildman–Crippen MR) is 123 cm³/mol. The number of hydrogen-bond donors (Lipinski definition) is 4. The lowest BCUT2D eigenvalue weighted by molar-refractivity contribution is -0.140. The van der Waals surface area contributed by atoms with Gasteiger partial charge >= 0.3 is 12.1 Å². The summed E-state index contributed by atoms with van der Waals surface area (Å²) in [6, 6.07) is 14.2. The number of fused-ring (bicyclic) bond motifs is 3. The van der Waals surface area contributed by atoms with Gasteiger partial charge in [0.2, 0.25) is 5.91 Å². The second-order valence-electron chi connectivity index (χ2n) is 8.49. The highest BCUT2D eigenvalue weighted by Gasteiger charge is 2.31. The van der Waals surface area contributed by atoms with Crippen LogP contribution in [0, 0.1) is 5.92 Å². The smallest absolute Gasteiger partial charge is 0.407 e. The van der Waals surface area contributed by atoms with Gasteiger partial charge in [-0.1, -0.05) is 62.4 Å². The van der Waals surface area contributed by atoms with Crippen molar-refractivity contribution in [3.05, 3.63) is 59.7 Å². The Bertz CT molecular complexity index is 960. The molecule has 2 aromatic rings. The molecule has 0 radical (unpaired) electrons. The first-order valence-electron chi connectivity index (χ1n) is 11.1. The number of amides is 2. The van der Waals surface area contributed by atoms with Crippen molar-refractivity contribution in [2.75, 3.05) is 13.2 Å². The lowest BCUT2D eigenvalue weighted by Gasteiger charge is -2.25. The van der Waals surface area contributed by atoms with Crippen molar-refractivity contribution in [1.82, 2.24) is 10.6 Å². The van der Waals surface area contributed by atoms with Crippen molar-refractivity contribution in [3.63, 3.8) is 0 Å². The fourth-order valence-corrected chi connectivity index (χ4v) is 4.16. The molecule has 0 saturated heterocycles. The molecule has 1 aliphatic rings. The van der Waals surface area contributed by atoms with E-state index in [1.165, 1.54) is 0 Å². The average molecular weight is 455 g/mol. The number of rotatable bonds is 10. The van der Waals surface area contributed by atoms with Crippen LogP contribution in [0.5, 0.6) is 0 Å². The third-order valence-electron chi connectivity index (χ3n) is 5.90. The predicted octanol–water partition coefficient (Wildman–Crippen LogP) is 2.89. The number of carbonyl (C=O) groups excluding carboxylic acids is 2. The Morgan fingerprint density at radius 3 is 2.06 bits per heavy atom. The molecule has 0 aromatic heterocycles. The molecule has 2 unspecified atom stereocenters. The van der Waals surface area contributed by atoms with Gasteiger partial charge in [-0.3, -0.25) is 9.59 Å². The fourth-order valence-electron chi connectivity index (χ4n) is 4.16. The Hall–Kier alpha value is -3.39. The zero-order valence-electron chi connectivity index (χ0n) is 18.8. The van der Waals surface area contributed by atoms with Crippen molar-refractivity contribution in [2.24, 2.45) is 5.92 Å². The van der Waals surface area contributed by atoms with Crippen LogP contribution >= 0.6 is 0 Å². The molecular formula is C25H30N2O6. The first kappa shape index (κ1) is 24.3. The van der Waals surface area contributed by atoms with Gasteiger partial charge in [0.05, 0.1) is 6.42 Å². The molecule has 0 saturated carbocycles. The van der Waals surface area contributed by atoms with Gasteiger partial charge in [-0.05, 0) is 34.6 Å². The molecule has 4 N–H and O–H groups in total. The number of alkyl carbamates (subject to hydrolysis) is 1. The van der Waals surface area contributed by atoms with Crippen LogP contribution in [0.15, 0.2) is 48.5 Å². The van der Waals surface area contributed by atoms with E-state index < -0.39 is 30.4 Å². The molecule has 3 rings (SSSR count). The number of carbonyl (C=O) groups is 3. The van der Waals surface area contributed by atoms with Gasteiger partial charge in [0, 0.05) is 18.6 Å². The number of carboxylic acids is 1. The Labute approximate surface area is 193 Å². The summed E-state index contributed by atoms with van der Waals surface area (Å²) in [4.78, 5) is 36.5. The van der Waals surface area contributed by atoms with Crippen molar-refractivity contribution in [3.8, 4) is 11.1 Å².